The molecule has 116 valence electrons. The summed E-state index contributed by atoms with van der Waals surface area (Å²) in [5.74, 6) is 1.65. The number of hydrogen-bond acceptors (Lipinski definition) is 7. The molecule has 2 aromatic heterocycles. The van der Waals surface area contributed by atoms with Crippen LogP contribution in [0.4, 0.5) is 10.3 Å². The van der Waals surface area contributed by atoms with Gasteiger partial charge in [-0.25, -0.2) is 9.37 Å². The molecule has 4 atom stereocenters. The maximum Gasteiger partial charge on any atom is 0.280 e. The zero-order valence-electron chi connectivity index (χ0n) is 11.1. The average Bonchev–Trinajstić information content (AvgIpc) is 3.00. The van der Waals surface area contributed by atoms with Gasteiger partial charge in [-0.05, 0) is 0 Å². The van der Waals surface area contributed by atoms with Crippen LogP contribution in [0.15, 0.2) is 11.1 Å². The monoisotopic (exact) mass is 309 g/mol. The van der Waals surface area contributed by atoms with Gasteiger partial charge in [-0.3, -0.25) is 14.3 Å². The number of aromatic nitrogens is 4. The highest BCUT2D eigenvalue weighted by Gasteiger charge is 2.57. The molecular formula is C12H12FN5O4. The van der Waals surface area contributed by atoms with Crippen molar-refractivity contribution in [2.75, 3.05) is 12.3 Å². The van der Waals surface area contributed by atoms with E-state index in [2.05, 4.69) is 15.0 Å². The van der Waals surface area contributed by atoms with Gasteiger partial charge in [-0.15, -0.1) is 6.42 Å². The van der Waals surface area contributed by atoms with Crippen LogP contribution in [0.5, 0.6) is 0 Å². The average molecular weight is 309 g/mol. The minimum atomic E-state index is -2.62. The van der Waals surface area contributed by atoms with Gasteiger partial charge < -0.3 is 20.7 Å². The summed E-state index contributed by atoms with van der Waals surface area (Å²) >= 11 is 0. The molecule has 22 heavy (non-hydrogen) atoms. The molecule has 0 radical (unpaired) electrons. The van der Waals surface area contributed by atoms with Crippen molar-refractivity contribution in [3.05, 3.63) is 16.7 Å². The second-order valence-electron chi connectivity index (χ2n) is 4.84. The molecule has 3 heterocycles. The number of aliphatic hydroxyl groups is 2. The third-order valence-corrected chi connectivity index (χ3v) is 3.55. The van der Waals surface area contributed by atoms with Crippen LogP contribution in [0.1, 0.15) is 6.23 Å². The van der Waals surface area contributed by atoms with Crippen molar-refractivity contribution in [1.82, 2.24) is 19.5 Å². The van der Waals surface area contributed by atoms with E-state index in [-0.39, 0.29) is 17.1 Å². The predicted molar refractivity (Wildman–Crippen MR) is 72.2 cm³/mol. The molecule has 1 aliphatic heterocycles. The molecule has 0 saturated carbocycles. The van der Waals surface area contributed by atoms with Crippen LogP contribution in [-0.2, 0) is 4.74 Å². The largest absolute Gasteiger partial charge is 0.394 e. The smallest absolute Gasteiger partial charge is 0.280 e. The van der Waals surface area contributed by atoms with Gasteiger partial charge in [0, 0.05) is 0 Å². The summed E-state index contributed by atoms with van der Waals surface area (Å²) in [4.78, 5) is 21.7. The number of alkyl halides is 1. The van der Waals surface area contributed by atoms with Crippen molar-refractivity contribution in [3.8, 4) is 12.3 Å². The van der Waals surface area contributed by atoms with E-state index in [0.717, 1.165) is 10.9 Å². The number of hydrogen-bond donors (Lipinski definition) is 4. The lowest BCUT2D eigenvalue weighted by atomic mass is 9.97. The molecule has 1 aliphatic rings. The van der Waals surface area contributed by atoms with E-state index in [1.165, 1.54) is 0 Å². The molecule has 0 bridgehead atoms. The number of nitrogens with two attached hydrogens (primary N) is 1. The molecule has 0 spiro atoms. The summed E-state index contributed by atoms with van der Waals surface area (Å²) < 4.78 is 21.3. The molecule has 0 aliphatic carbocycles. The third-order valence-electron chi connectivity index (χ3n) is 3.55. The number of aliphatic hydroxyl groups excluding tert-OH is 2. The molecule has 0 aromatic carbocycles. The molecule has 5 N–H and O–H groups in total. The van der Waals surface area contributed by atoms with Crippen LogP contribution in [0.25, 0.3) is 11.2 Å². The molecular weight excluding hydrogens is 297 g/mol. The van der Waals surface area contributed by atoms with Gasteiger partial charge in [0.15, 0.2) is 17.4 Å². The number of aromatic amines is 1. The van der Waals surface area contributed by atoms with Crippen LogP contribution >= 0.6 is 0 Å². The summed E-state index contributed by atoms with van der Waals surface area (Å²) in [6, 6.07) is 0. The summed E-state index contributed by atoms with van der Waals surface area (Å²) in [6.07, 6.45) is 1.81. The maximum atomic E-state index is 14.9. The van der Waals surface area contributed by atoms with Crippen LogP contribution in [0, 0.1) is 12.3 Å². The number of halogens is 1. The minimum absolute atomic E-state index is 0.0469. The Bertz CT molecular complexity index is 827. The number of terminal acetylenes is 1. The minimum Gasteiger partial charge on any atom is -0.394 e. The Morgan fingerprint density at radius 2 is 2.41 bits per heavy atom. The highest BCUT2D eigenvalue weighted by atomic mass is 19.1. The number of imidazole rings is 1. The van der Waals surface area contributed by atoms with E-state index in [1.54, 1.807) is 0 Å². The topological polar surface area (TPSA) is 139 Å². The highest BCUT2D eigenvalue weighted by molar-refractivity contribution is 5.70. The van der Waals surface area contributed by atoms with Gasteiger partial charge in [0.25, 0.3) is 5.56 Å². The fourth-order valence-corrected chi connectivity index (χ4v) is 2.44. The van der Waals surface area contributed by atoms with Gasteiger partial charge in [0.05, 0.1) is 12.9 Å². The van der Waals surface area contributed by atoms with Gasteiger partial charge in [-0.2, -0.15) is 4.98 Å². The second-order valence-corrected chi connectivity index (χ2v) is 4.84. The zero-order chi connectivity index (χ0) is 16.1. The van der Waals surface area contributed by atoms with E-state index < -0.39 is 36.3 Å². The Morgan fingerprint density at radius 1 is 1.68 bits per heavy atom. The Labute approximate surface area is 122 Å². The Hall–Kier alpha value is -2.48. The summed E-state index contributed by atoms with van der Waals surface area (Å²) in [5.41, 5.74) is 2.10. The lowest BCUT2D eigenvalue weighted by Crippen LogP contribution is -2.42. The SMILES string of the molecule is C#CC1(F)C(n2cnc3c(=O)[nH]c(N)nc32)O[C@H](CO)[C@@H]1O. The first-order valence-electron chi connectivity index (χ1n) is 6.25. The van der Waals surface area contributed by atoms with Gasteiger partial charge in [0.2, 0.25) is 11.6 Å². The lowest BCUT2D eigenvalue weighted by Gasteiger charge is -2.23. The summed E-state index contributed by atoms with van der Waals surface area (Å²) in [6.45, 7) is -0.631. The van der Waals surface area contributed by atoms with Crippen molar-refractivity contribution in [1.29, 1.82) is 0 Å². The summed E-state index contributed by atoms with van der Waals surface area (Å²) in [7, 11) is 0. The van der Waals surface area contributed by atoms with Crippen LogP contribution in [-0.4, -0.2) is 54.2 Å². The first-order chi connectivity index (χ1) is 10.4. The highest BCUT2D eigenvalue weighted by Crippen LogP contribution is 2.41. The van der Waals surface area contributed by atoms with Crippen molar-refractivity contribution >= 4 is 17.1 Å². The van der Waals surface area contributed by atoms with Crippen molar-refractivity contribution < 1.29 is 19.3 Å². The zero-order valence-corrected chi connectivity index (χ0v) is 11.1. The molecule has 9 nitrogen and oxygen atoms in total. The van der Waals surface area contributed by atoms with E-state index in [1.807, 2.05) is 5.92 Å². The fourth-order valence-electron chi connectivity index (χ4n) is 2.44. The van der Waals surface area contributed by atoms with Crippen LogP contribution < -0.4 is 11.3 Å². The maximum absolute atomic E-state index is 14.9. The first-order valence-corrected chi connectivity index (χ1v) is 6.25. The van der Waals surface area contributed by atoms with Crippen molar-refractivity contribution in [2.24, 2.45) is 0 Å². The molecule has 1 saturated heterocycles. The quantitative estimate of drug-likeness (QED) is 0.484. The van der Waals surface area contributed by atoms with E-state index >= 15 is 0 Å². The Morgan fingerprint density at radius 3 is 3.05 bits per heavy atom. The predicted octanol–water partition coefficient (Wildman–Crippen LogP) is -1.71. The van der Waals surface area contributed by atoms with Crippen LogP contribution in [0.3, 0.4) is 0 Å². The third kappa shape index (κ3) is 1.80. The number of fused-ring (bicyclic) bond motifs is 1. The summed E-state index contributed by atoms with van der Waals surface area (Å²) in [5, 5.41) is 19.1. The molecule has 10 heteroatoms. The van der Waals surface area contributed by atoms with Gasteiger partial charge in [-0.1, -0.05) is 5.92 Å². The standard InChI is InChI=1S/C12H12FN5O4/c1-2-12(13)7(20)5(3-19)22-10(12)18-4-15-6-8(18)16-11(14)17-9(6)21/h1,4-5,7,10,19-20H,3H2,(H3,14,16,17,21)/t5-,7+,10?,12?/m1/s1. The fraction of sp³-hybridized carbons (Fsp3) is 0.417. The number of rotatable bonds is 2. The van der Waals surface area contributed by atoms with E-state index in [0.29, 0.717) is 0 Å². The number of nitrogens with zero attached hydrogens (tertiary/aromatic N) is 3. The molecule has 0 amide bonds. The van der Waals surface area contributed by atoms with E-state index in [9.17, 15) is 14.3 Å². The molecule has 2 aromatic rings. The van der Waals surface area contributed by atoms with Crippen molar-refractivity contribution in [2.45, 2.75) is 24.1 Å². The Kier molecular flexibility index (Phi) is 3.13. The van der Waals surface area contributed by atoms with Crippen LogP contribution in [0.2, 0.25) is 0 Å². The molecule has 1 fully saturated rings. The van der Waals surface area contributed by atoms with Gasteiger partial charge >= 0.3 is 0 Å². The molecule has 3 rings (SSSR count). The van der Waals surface area contributed by atoms with Gasteiger partial charge in [0.1, 0.15) is 12.2 Å². The number of H-pyrrole nitrogens is 1. The first kappa shape index (κ1) is 14.5. The Balaban J connectivity index is 2.19. The lowest BCUT2D eigenvalue weighted by molar-refractivity contribution is -0.0504. The normalized spacial score (nSPS) is 31.5. The molecule has 2 unspecified atom stereocenters. The number of ether oxygens (including phenoxy) is 1. The number of nitrogens with one attached hydrogen (secondary N) is 1. The van der Waals surface area contributed by atoms with E-state index in [4.69, 9.17) is 22.0 Å². The number of anilines is 1. The van der Waals surface area contributed by atoms with Crippen molar-refractivity contribution in [3.63, 3.8) is 0 Å². The number of nitrogen functional groups attached to an aromatic ring is 1. The second kappa shape index (κ2) is 4.77.